The van der Waals surface area contributed by atoms with E-state index in [0.717, 1.165) is 32.8 Å². The Hall–Kier alpha value is -3.20. The molecule has 162 valence electrons. The fraction of sp³-hybridized carbons (Fsp3) is 0.174. The lowest BCUT2D eigenvalue weighted by Crippen LogP contribution is -2.51. The van der Waals surface area contributed by atoms with Gasteiger partial charge in [0.2, 0.25) is 0 Å². The van der Waals surface area contributed by atoms with Crippen LogP contribution in [0.5, 0.6) is 0 Å². The maximum atomic E-state index is 12.6. The molecule has 1 saturated heterocycles. The summed E-state index contributed by atoms with van der Waals surface area (Å²) in [6, 6.07) is 17.2. The lowest BCUT2D eigenvalue weighted by molar-refractivity contribution is 0.163. The van der Waals surface area contributed by atoms with Crippen LogP contribution in [0.15, 0.2) is 66.3 Å². The molecule has 5 rings (SSSR count). The largest absolute Gasteiger partial charge is 0.322 e. The molecule has 2 N–H and O–H groups in total. The maximum absolute atomic E-state index is 12.6. The molecule has 2 aromatic heterocycles. The molecule has 1 fully saturated rings. The fourth-order valence-corrected chi connectivity index (χ4v) is 4.75. The lowest BCUT2D eigenvalue weighted by Gasteiger charge is -2.34. The van der Waals surface area contributed by atoms with Crippen molar-refractivity contribution in [2.24, 2.45) is 0 Å². The monoisotopic (exact) mass is 464 g/mol. The molecule has 0 unspecified atom stereocenters. The first-order chi connectivity index (χ1) is 15.7. The number of fused-ring (bicyclic) bond motifs is 1. The summed E-state index contributed by atoms with van der Waals surface area (Å²) in [5, 5.41) is 7.78. The first kappa shape index (κ1) is 20.7. The zero-order valence-corrected chi connectivity index (χ0v) is 18.7. The number of nitrogens with one attached hydrogen (secondary N) is 2. The molecular weight excluding hydrogens is 444 g/mol. The number of anilines is 2. The first-order valence-electron chi connectivity index (χ1n) is 10.3. The molecule has 3 heterocycles. The van der Waals surface area contributed by atoms with Gasteiger partial charge in [0.15, 0.2) is 5.82 Å². The van der Waals surface area contributed by atoms with Gasteiger partial charge in [0.1, 0.15) is 6.33 Å². The molecule has 2 aromatic carbocycles. The molecule has 1 aliphatic heterocycles. The number of carbonyl (C=O) groups is 1. The van der Waals surface area contributed by atoms with Gasteiger partial charge in [-0.2, -0.15) is 0 Å². The van der Waals surface area contributed by atoms with E-state index in [-0.39, 0.29) is 6.03 Å². The molecule has 0 bridgehead atoms. The Bertz CT molecular complexity index is 1220. The van der Waals surface area contributed by atoms with Crippen LogP contribution in [0, 0.1) is 0 Å². The van der Waals surface area contributed by atoms with Gasteiger partial charge in [0.25, 0.3) is 0 Å². The smallest absolute Gasteiger partial charge is 0.321 e. The minimum Gasteiger partial charge on any atom is -0.322 e. The van der Waals surface area contributed by atoms with Crippen LogP contribution in [-0.2, 0) is 0 Å². The highest BCUT2D eigenvalue weighted by Gasteiger charge is 2.22. The molecule has 0 atom stereocenters. The van der Waals surface area contributed by atoms with Crippen LogP contribution in [0.3, 0.4) is 0 Å². The highest BCUT2D eigenvalue weighted by Crippen LogP contribution is 2.35. The highest BCUT2D eigenvalue weighted by atomic mass is 35.5. The van der Waals surface area contributed by atoms with Crippen molar-refractivity contribution in [2.45, 2.75) is 0 Å². The van der Waals surface area contributed by atoms with Crippen molar-refractivity contribution in [2.75, 3.05) is 36.9 Å². The van der Waals surface area contributed by atoms with Crippen LogP contribution in [0.1, 0.15) is 0 Å². The van der Waals surface area contributed by atoms with Crippen LogP contribution in [-0.4, -0.2) is 52.1 Å². The molecule has 9 heteroatoms. The first-order valence-corrected chi connectivity index (χ1v) is 11.5. The number of piperazine rings is 1. The van der Waals surface area contributed by atoms with Crippen molar-refractivity contribution >= 4 is 50.7 Å². The minimum atomic E-state index is -0.109. The van der Waals surface area contributed by atoms with Crippen molar-refractivity contribution in [3.05, 3.63) is 71.3 Å². The van der Waals surface area contributed by atoms with Crippen LogP contribution >= 0.6 is 22.9 Å². The highest BCUT2D eigenvalue weighted by molar-refractivity contribution is 7.18. The number of hydrazine groups is 1. The van der Waals surface area contributed by atoms with Gasteiger partial charge in [0, 0.05) is 47.8 Å². The number of halogens is 1. The van der Waals surface area contributed by atoms with Crippen molar-refractivity contribution < 1.29 is 4.79 Å². The third-order valence-electron chi connectivity index (χ3n) is 5.36. The minimum absolute atomic E-state index is 0.109. The number of rotatable bonds is 4. The van der Waals surface area contributed by atoms with Gasteiger partial charge >= 0.3 is 6.03 Å². The van der Waals surface area contributed by atoms with E-state index < -0.39 is 0 Å². The topological polar surface area (TPSA) is 73.4 Å². The average Bonchev–Trinajstić information content (AvgIpc) is 3.27. The van der Waals surface area contributed by atoms with Crippen molar-refractivity contribution in [3.8, 4) is 11.1 Å². The predicted octanol–water partition coefficient (Wildman–Crippen LogP) is 5.19. The summed E-state index contributed by atoms with van der Waals surface area (Å²) < 4.78 is 1.02. The Balaban J connectivity index is 1.23. The number of nitrogens with zero attached hydrogens (tertiary/aromatic N) is 4. The van der Waals surface area contributed by atoms with Gasteiger partial charge < -0.3 is 15.6 Å². The van der Waals surface area contributed by atoms with Crippen molar-refractivity contribution in [1.82, 2.24) is 19.9 Å². The number of thiophene rings is 1. The van der Waals surface area contributed by atoms with E-state index in [1.54, 1.807) is 46.8 Å². The molecule has 0 saturated carbocycles. The van der Waals surface area contributed by atoms with E-state index in [2.05, 4.69) is 43.2 Å². The Morgan fingerprint density at radius 1 is 0.969 bits per heavy atom. The van der Waals surface area contributed by atoms with E-state index in [1.165, 1.54) is 0 Å². The molecule has 7 nitrogen and oxygen atoms in total. The molecule has 0 aliphatic carbocycles. The maximum Gasteiger partial charge on any atom is 0.321 e. The van der Waals surface area contributed by atoms with Gasteiger partial charge in [0.05, 0.1) is 10.2 Å². The second-order valence-electron chi connectivity index (χ2n) is 7.44. The van der Waals surface area contributed by atoms with Gasteiger partial charge in [-0.05, 0) is 29.8 Å². The SMILES string of the molecule is O=C(Nc1ccc(Cl)cc1)N1CCN(Nc2ncnc3c(-c4ccccc4)csc23)CC1. The van der Waals surface area contributed by atoms with E-state index in [0.29, 0.717) is 31.2 Å². The molecule has 0 spiro atoms. The Morgan fingerprint density at radius 3 is 2.47 bits per heavy atom. The summed E-state index contributed by atoms with van der Waals surface area (Å²) in [7, 11) is 0. The molecule has 0 radical (unpaired) electrons. The number of urea groups is 1. The van der Waals surface area contributed by atoms with Gasteiger partial charge in [-0.15, -0.1) is 11.3 Å². The van der Waals surface area contributed by atoms with Crippen LogP contribution in [0.25, 0.3) is 21.3 Å². The van der Waals surface area contributed by atoms with Gasteiger partial charge in [-0.25, -0.2) is 19.8 Å². The van der Waals surface area contributed by atoms with Gasteiger partial charge in [-0.1, -0.05) is 41.9 Å². The second-order valence-corrected chi connectivity index (χ2v) is 8.75. The summed E-state index contributed by atoms with van der Waals surface area (Å²) in [4.78, 5) is 23.4. The normalized spacial score (nSPS) is 14.5. The molecule has 1 aliphatic rings. The number of hydrogen-bond acceptors (Lipinski definition) is 6. The fourth-order valence-electron chi connectivity index (χ4n) is 3.66. The molecule has 2 amide bonds. The van der Waals surface area contributed by atoms with Crippen LogP contribution in [0.2, 0.25) is 5.02 Å². The Morgan fingerprint density at radius 2 is 1.72 bits per heavy atom. The number of aromatic nitrogens is 2. The van der Waals surface area contributed by atoms with E-state index in [1.807, 2.05) is 18.2 Å². The zero-order chi connectivity index (χ0) is 21.9. The summed E-state index contributed by atoms with van der Waals surface area (Å²) in [5.74, 6) is 0.793. The van der Waals surface area contributed by atoms with E-state index in [9.17, 15) is 4.79 Å². The summed E-state index contributed by atoms with van der Waals surface area (Å²) >= 11 is 7.54. The number of hydrogen-bond donors (Lipinski definition) is 2. The third kappa shape index (κ3) is 4.38. The summed E-state index contributed by atoms with van der Waals surface area (Å²) in [6.07, 6.45) is 1.60. The predicted molar refractivity (Wildman–Crippen MR) is 130 cm³/mol. The quantitative estimate of drug-likeness (QED) is 0.435. The number of carbonyl (C=O) groups excluding carboxylic acids is 1. The van der Waals surface area contributed by atoms with E-state index in [4.69, 9.17) is 11.6 Å². The van der Waals surface area contributed by atoms with Crippen molar-refractivity contribution in [3.63, 3.8) is 0 Å². The van der Waals surface area contributed by atoms with Crippen LogP contribution in [0.4, 0.5) is 16.3 Å². The van der Waals surface area contributed by atoms with Gasteiger partial charge in [-0.3, -0.25) is 0 Å². The van der Waals surface area contributed by atoms with E-state index >= 15 is 0 Å². The Kier molecular flexibility index (Phi) is 5.89. The Labute approximate surface area is 194 Å². The summed E-state index contributed by atoms with van der Waals surface area (Å²) in [6.45, 7) is 2.60. The number of benzene rings is 2. The molecule has 4 aromatic rings. The third-order valence-corrected chi connectivity index (χ3v) is 6.59. The summed E-state index contributed by atoms with van der Waals surface area (Å²) in [5.41, 5.74) is 7.35. The average molecular weight is 465 g/mol. The number of amides is 2. The zero-order valence-electron chi connectivity index (χ0n) is 17.2. The van der Waals surface area contributed by atoms with Crippen molar-refractivity contribution in [1.29, 1.82) is 0 Å². The second kappa shape index (κ2) is 9.12. The lowest BCUT2D eigenvalue weighted by atomic mass is 10.1. The molecular formula is C23H21ClN6OS. The standard InChI is InChI=1S/C23H21ClN6OS/c24-17-6-8-18(9-7-17)27-23(31)29-10-12-30(13-11-29)28-22-21-20(25-15-26-22)19(14-32-21)16-4-2-1-3-5-16/h1-9,14-15H,10-13H2,(H,27,31)(H,25,26,28). The molecule has 32 heavy (non-hydrogen) atoms. The van der Waals surface area contributed by atoms with Crippen LogP contribution < -0.4 is 10.7 Å².